The van der Waals surface area contributed by atoms with Crippen LogP contribution in [-0.4, -0.2) is 34.4 Å². The second-order valence-electron chi connectivity index (χ2n) is 5.23. The number of aryl methyl sites for hydroxylation is 1. The summed E-state index contributed by atoms with van der Waals surface area (Å²) in [6.07, 6.45) is 4.47. The molecule has 2 heterocycles. The van der Waals surface area contributed by atoms with Crippen LogP contribution in [0.3, 0.4) is 0 Å². The van der Waals surface area contributed by atoms with Crippen molar-refractivity contribution < 1.29 is 0 Å². The summed E-state index contributed by atoms with van der Waals surface area (Å²) in [5.41, 5.74) is 9.50. The van der Waals surface area contributed by atoms with E-state index in [-0.39, 0.29) is 6.04 Å². The van der Waals surface area contributed by atoms with Crippen molar-refractivity contribution in [1.82, 2.24) is 14.3 Å². The molecule has 1 atom stereocenters. The van der Waals surface area contributed by atoms with Gasteiger partial charge in [0, 0.05) is 12.7 Å². The second kappa shape index (κ2) is 6.17. The highest BCUT2D eigenvalue weighted by Gasteiger charge is 2.17. The van der Waals surface area contributed by atoms with Crippen molar-refractivity contribution >= 4 is 5.65 Å². The first-order valence-electron chi connectivity index (χ1n) is 7.01. The van der Waals surface area contributed by atoms with Crippen molar-refractivity contribution in [1.29, 1.82) is 0 Å². The lowest BCUT2D eigenvalue weighted by Crippen LogP contribution is -2.31. The van der Waals surface area contributed by atoms with E-state index in [0.29, 0.717) is 0 Å². The van der Waals surface area contributed by atoms with Crippen LogP contribution in [0, 0.1) is 6.92 Å². The molecule has 0 aliphatic carbocycles. The molecule has 4 nitrogen and oxygen atoms in total. The molecule has 1 unspecified atom stereocenters. The van der Waals surface area contributed by atoms with Crippen LogP contribution in [-0.2, 0) is 0 Å². The maximum atomic E-state index is 6.38. The predicted octanol–water partition coefficient (Wildman–Crippen LogP) is 2.37. The monoisotopic (exact) mass is 260 g/mol. The Morgan fingerprint density at radius 2 is 2.21 bits per heavy atom. The van der Waals surface area contributed by atoms with E-state index in [4.69, 9.17) is 5.73 Å². The fourth-order valence-corrected chi connectivity index (χ4v) is 2.52. The molecule has 4 heteroatoms. The number of pyridine rings is 1. The van der Waals surface area contributed by atoms with Crippen molar-refractivity contribution in [3.05, 3.63) is 35.8 Å². The lowest BCUT2D eigenvalue weighted by atomic mass is 10.1. The summed E-state index contributed by atoms with van der Waals surface area (Å²) in [5.74, 6) is 0. The van der Waals surface area contributed by atoms with Crippen molar-refractivity contribution in [2.75, 3.05) is 20.1 Å². The SMILES string of the molecule is CCCCN(C)CC(N)c1c(C)nc2ccccn12. The number of aromatic nitrogens is 2. The molecule has 0 saturated carbocycles. The Balaban J connectivity index is 2.16. The maximum absolute atomic E-state index is 6.38. The molecule has 0 fully saturated rings. The van der Waals surface area contributed by atoms with E-state index in [0.717, 1.165) is 30.1 Å². The van der Waals surface area contributed by atoms with E-state index in [1.165, 1.54) is 12.8 Å². The molecule has 0 aliphatic heterocycles. The van der Waals surface area contributed by atoms with Crippen LogP contribution < -0.4 is 5.73 Å². The third-order valence-corrected chi connectivity index (χ3v) is 3.50. The van der Waals surface area contributed by atoms with Crippen molar-refractivity contribution in [3.8, 4) is 0 Å². The summed E-state index contributed by atoms with van der Waals surface area (Å²) in [5, 5.41) is 0. The second-order valence-corrected chi connectivity index (χ2v) is 5.23. The van der Waals surface area contributed by atoms with Gasteiger partial charge >= 0.3 is 0 Å². The van der Waals surface area contributed by atoms with Crippen LogP contribution in [0.25, 0.3) is 5.65 Å². The Bertz CT molecular complexity index is 532. The van der Waals surface area contributed by atoms with E-state index in [1.54, 1.807) is 0 Å². The van der Waals surface area contributed by atoms with E-state index in [2.05, 4.69) is 28.3 Å². The van der Waals surface area contributed by atoms with E-state index in [1.807, 2.05) is 31.3 Å². The molecule has 104 valence electrons. The Labute approximate surface area is 115 Å². The third kappa shape index (κ3) is 3.14. The summed E-state index contributed by atoms with van der Waals surface area (Å²) in [6.45, 7) is 6.21. The minimum Gasteiger partial charge on any atom is -0.322 e. The predicted molar refractivity (Wildman–Crippen MR) is 79.3 cm³/mol. The number of rotatable bonds is 6. The van der Waals surface area contributed by atoms with Gasteiger partial charge < -0.3 is 15.0 Å². The topological polar surface area (TPSA) is 46.6 Å². The molecule has 19 heavy (non-hydrogen) atoms. The van der Waals surface area contributed by atoms with Gasteiger partial charge in [0.1, 0.15) is 5.65 Å². The molecule has 0 spiro atoms. The summed E-state index contributed by atoms with van der Waals surface area (Å²) in [4.78, 5) is 6.87. The lowest BCUT2D eigenvalue weighted by Gasteiger charge is -2.21. The number of imidazole rings is 1. The Morgan fingerprint density at radius 1 is 1.42 bits per heavy atom. The van der Waals surface area contributed by atoms with Gasteiger partial charge in [-0.2, -0.15) is 0 Å². The van der Waals surface area contributed by atoms with Gasteiger partial charge in [-0.05, 0) is 39.1 Å². The summed E-state index contributed by atoms with van der Waals surface area (Å²) < 4.78 is 2.10. The summed E-state index contributed by atoms with van der Waals surface area (Å²) >= 11 is 0. The number of likely N-dealkylation sites (N-methyl/N-ethyl adjacent to an activating group) is 1. The smallest absolute Gasteiger partial charge is 0.137 e. The number of fused-ring (bicyclic) bond motifs is 1. The first kappa shape index (κ1) is 14.0. The van der Waals surface area contributed by atoms with Gasteiger partial charge in [-0.25, -0.2) is 4.98 Å². The molecule has 2 aromatic rings. The highest BCUT2D eigenvalue weighted by molar-refractivity contribution is 5.43. The number of nitrogens with zero attached hydrogens (tertiary/aromatic N) is 3. The van der Waals surface area contributed by atoms with Crippen LogP contribution >= 0.6 is 0 Å². The summed E-state index contributed by atoms with van der Waals surface area (Å²) in [6, 6.07) is 6.04. The molecule has 0 aromatic carbocycles. The first-order chi connectivity index (χ1) is 9.13. The highest BCUT2D eigenvalue weighted by atomic mass is 15.1. The highest BCUT2D eigenvalue weighted by Crippen LogP contribution is 2.18. The molecule has 0 amide bonds. The van der Waals surface area contributed by atoms with Gasteiger partial charge in [0.25, 0.3) is 0 Å². The van der Waals surface area contributed by atoms with Crippen LogP contribution in [0.2, 0.25) is 0 Å². The summed E-state index contributed by atoms with van der Waals surface area (Å²) in [7, 11) is 2.13. The Hall–Kier alpha value is -1.39. The normalized spacial score (nSPS) is 13.3. The van der Waals surface area contributed by atoms with Gasteiger partial charge in [-0.1, -0.05) is 19.4 Å². The van der Waals surface area contributed by atoms with E-state index in [9.17, 15) is 0 Å². The minimum absolute atomic E-state index is 0.000689. The quantitative estimate of drug-likeness (QED) is 0.867. The van der Waals surface area contributed by atoms with Crippen molar-refractivity contribution in [3.63, 3.8) is 0 Å². The zero-order valence-corrected chi connectivity index (χ0v) is 12.1. The third-order valence-electron chi connectivity index (χ3n) is 3.50. The van der Waals surface area contributed by atoms with Crippen LogP contribution in [0.5, 0.6) is 0 Å². The fourth-order valence-electron chi connectivity index (χ4n) is 2.52. The van der Waals surface area contributed by atoms with E-state index < -0.39 is 0 Å². The zero-order valence-electron chi connectivity index (χ0n) is 12.1. The van der Waals surface area contributed by atoms with Crippen LogP contribution in [0.1, 0.15) is 37.2 Å². The number of hydrogen-bond donors (Lipinski definition) is 1. The number of unbranched alkanes of at least 4 members (excludes halogenated alkanes) is 1. The molecule has 0 radical (unpaired) electrons. The average Bonchev–Trinajstić information content (AvgIpc) is 2.72. The van der Waals surface area contributed by atoms with Crippen molar-refractivity contribution in [2.45, 2.75) is 32.7 Å². The molecule has 0 saturated heterocycles. The molecule has 0 bridgehead atoms. The van der Waals surface area contributed by atoms with Crippen LogP contribution in [0.4, 0.5) is 0 Å². The standard InChI is InChI=1S/C15H24N4/c1-4-5-9-18(3)11-13(16)15-12(2)17-14-8-6-7-10-19(14)15/h6-8,10,13H,4-5,9,11,16H2,1-3H3. The fraction of sp³-hybridized carbons (Fsp3) is 0.533. The maximum Gasteiger partial charge on any atom is 0.137 e. The van der Waals surface area contributed by atoms with Crippen molar-refractivity contribution in [2.24, 2.45) is 5.73 Å². The number of hydrogen-bond acceptors (Lipinski definition) is 3. The number of nitrogens with two attached hydrogens (primary N) is 1. The minimum atomic E-state index is -0.000689. The van der Waals surface area contributed by atoms with Gasteiger partial charge in [0.05, 0.1) is 17.4 Å². The first-order valence-corrected chi connectivity index (χ1v) is 7.01. The molecule has 2 aromatic heterocycles. The molecule has 0 aliphatic rings. The van der Waals surface area contributed by atoms with Gasteiger partial charge in [-0.15, -0.1) is 0 Å². The zero-order chi connectivity index (χ0) is 13.8. The van der Waals surface area contributed by atoms with Crippen LogP contribution in [0.15, 0.2) is 24.4 Å². The van der Waals surface area contributed by atoms with Gasteiger partial charge in [-0.3, -0.25) is 0 Å². The molecular formula is C15H24N4. The van der Waals surface area contributed by atoms with E-state index >= 15 is 0 Å². The van der Waals surface area contributed by atoms with Gasteiger partial charge in [0.15, 0.2) is 0 Å². The average molecular weight is 260 g/mol. The Morgan fingerprint density at radius 3 is 2.95 bits per heavy atom. The molecule has 2 N–H and O–H groups in total. The molecular weight excluding hydrogens is 236 g/mol. The Kier molecular flexibility index (Phi) is 4.56. The van der Waals surface area contributed by atoms with Gasteiger partial charge in [0.2, 0.25) is 0 Å². The lowest BCUT2D eigenvalue weighted by molar-refractivity contribution is 0.305. The largest absolute Gasteiger partial charge is 0.322 e. The molecule has 2 rings (SSSR count).